The highest BCUT2D eigenvalue weighted by Gasteiger charge is 2.18. The second-order valence-corrected chi connectivity index (χ2v) is 6.98. The standard InChI is InChI=1S/C18H15ClN2O4S/c19-13-3-1-2-11(6-13)8-20-16(22)9-25-18(24)12-4-5-15-14(7-12)21-17(23)10-26-15/h1-7H,8-10H2,(H,20,22)(H,21,23). The number of carbonyl (C=O) groups excluding carboxylic acids is 3. The number of hydrogen-bond acceptors (Lipinski definition) is 5. The summed E-state index contributed by atoms with van der Waals surface area (Å²) in [5.74, 6) is -0.812. The Hall–Kier alpha value is -2.51. The highest BCUT2D eigenvalue weighted by molar-refractivity contribution is 8.00. The van der Waals surface area contributed by atoms with E-state index in [9.17, 15) is 14.4 Å². The van der Waals surface area contributed by atoms with E-state index >= 15 is 0 Å². The van der Waals surface area contributed by atoms with E-state index in [1.165, 1.54) is 11.8 Å². The molecule has 8 heteroatoms. The Bertz CT molecular complexity index is 872. The van der Waals surface area contributed by atoms with Gasteiger partial charge in [0.05, 0.1) is 17.0 Å². The van der Waals surface area contributed by atoms with Crippen LogP contribution < -0.4 is 10.6 Å². The van der Waals surface area contributed by atoms with Gasteiger partial charge in [0, 0.05) is 16.5 Å². The van der Waals surface area contributed by atoms with Crippen molar-refractivity contribution in [3.63, 3.8) is 0 Å². The van der Waals surface area contributed by atoms with Gasteiger partial charge in [0.2, 0.25) is 5.91 Å². The lowest BCUT2D eigenvalue weighted by atomic mass is 10.2. The van der Waals surface area contributed by atoms with Crippen molar-refractivity contribution in [2.24, 2.45) is 0 Å². The number of thioether (sulfide) groups is 1. The fraction of sp³-hybridized carbons (Fsp3) is 0.167. The first-order valence-electron chi connectivity index (χ1n) is 7.76. The van der Waals surface area contributed by atoms with E-state index in [0.29, 0.717) is 23.0 Å². The third-order valence-electron chi connectivity index (χ3n) is 3.56. The fourth-order valence-electron chi connectivity index (χ4n) is 2.32. The molecule has 134 valence electrons. The smallest absolute Gasteiger partial charge is 0.338 e. The van der Waals surface area contributed by atoms with Gasteiger partial charge in [-0.3, -0.25) is 9.59 Å². The molecular formula is C18H15ClN2O4S. The minimum atomic E-state index is -0.629. The number of halogens is 1. The minimum Gasteiger partial charge on any atom is -0.452 e. The van der Waals surface area contributed by atoms with E-state index in [1.807, 2.05) is 6.07 Å². The van der Waals surface area contributed by atoms with Gasteiger partial charge in [-0.05, 0) is 35.9 Å². The summed E-state index contributed by atoms with van der Waals surface area (Å²) in [4.78, 5) is 36.2. The van der Waals surface area contributed by atoms with Crippen molar-refractivity contribution in [3.05, 3.63) is 58.6 Å². The molecule has 6 nitrogen and oxygen atoms in total. The second kappa shape index (κ2) is 8.25. The zero-order valence-corrected chi connectivity index (χ0v) is 15.2. The summed E-state index contributed by atoms with van der Waals surface area (Å²) < 4.78 is 5.02. The molecule has 2 N–H and O–H groups in total. The Morgan fingerprint density at radius 3 is 2.88 bits per heavy atom. The van der Waals surface area contributed by atoms with E-state index in [0.717, 1.165) is 10.5 Å². The molecule has 0 fully saturated rings. The predicted octanol–water partition coefficient (Wildman–Crippen LogP) is 2.86. The monoisotopic (exact) mass is 390 g/mol. The van der Waals surface area contributed by atoms with Gasteiger partial charge in [0.1, 0.15) is 0 Å². The topological polar surface area (TPSA) is 84.5 Å². The van der Waals surface area contributed by atoms with Gasteiger partial charge in [-0.25, -0.2) is 4.79 Å². The van der Waals surface area contributed by atoms with Gasteiger partial charge < -0.3 is 15.4 Å². The van der Waals surface area contributed by atoms with Crippen molar-refractivity contribution in [1.82, 2.24) is 5.32 Å². The normalized spacial score (nSPS) is 12.7. The molecule has 3 rings (SSSR count). The number of anilines is 1. The van der Waals surface area contributed by atoms with E-state index in [4.69, 9.17) is 16.3 Å². The molecule has 0 spiro atoms. The Labute approximate surface area is 159 Å². The van der Waals surface area contributed by atoms with Crippen LogP contribution >= 0.6 is 23.4 Å². The Kier molecular flexibility index (Phi) is 5.80. The maximum absolute atomic E-state index is 12.1. The fourth-order valence-corrected chi connectivity index (χ4v) is 3.32. The van der Waals surface area contributed by atoms with Gasteiger partial charge in [-0.1, -0.05) is 23.7 Å². The van der Waals surface area contributed by atoms with Gasteiger partial charge in [-0.15, -0.1) is 11.8 Å². The number of rotatable bonds is 5. The summed E-state index contributed by atoms with van der Waals surface area (Å²) in [6, 6.07) is 12.0. The second-order valence-electron chi connectivity index (χ2n) is 5.53. The number of esters is 1. The lowest BCUT2D eigenvalue weighted by Crippen LogP contribution is -2.28. The van der Waals surface area contributed by atoms with Gasteiger partial charge in [0.25, 0.3) is 5.91 Å². The van der Waals surface area contributed by atoms with E-state index in [2.05, 4.69) is 10.6 Å². The molecule has 0 aliphatic carbocycles. The third kappa shape index (κ3) is 4.77. The van der Waals surface area contributed by atoms with Crippen LogP contribution in [0.15, 0.2) is 47.4 Å². The van der Waals surface area contributed by atoms with Gasteiger partial charge in [0.15, 0.2) is 6.61 Å². The Balaban J connectivity index is 1.51. The van der Waals surface area contributed by atoms with Crippen molar-refractivity contribution < 1.29 is 19.1 Å². The van der Waals surface area contributed by atoms with Crippen LogP contribution in [0.25, 0.3) is 0 Å². The van der Waals surface area contributed by atoms with Crippen molar-refractivity contribution in [2.45, 2.75) is 11.4 Å². The van der Waals surface area contributed by atoms with Crippen molar-refractivity contribution >= 4 is 46.8 Å². The lowest BCUT2D eigenvalue weighted by molar-refractivity contribution is -0.124. The van der Waals surface area contributed by atoms with Crippen LogP contribution in [-0.2, 0) is 20.9 Å². The first kappa shape index (κ1) is 18.3. The van der Waals surface area contributed by atoms with Crippen LogP contribution in [0.4, 0.5) is 5.69 Å². The minimum absolute atomic E-state index is 0.117. The molecule has 0 unspecified atom stereocenters. The van der Waals surface area contributed by atoms with Crippen LogP contribution in [0.1, 0.15) is 15.9 Å². The Morgan fingerprint density at radius 2 is 2.08 bits per heavy atom. The first-order chi connectivity index (χ1) is 12.5. The maximum Gasteiger partial charge on any atom is 0.338 e. The van der Waals surface area contributed by atoms with Crippen LogP contribution in [0, 0.1) is 0 Å². The maximum atomic E-state index is 12.1. The molecule has 2 amide bonds. The molecule has 0 saturated heterocycles. The molecule has 26 heavy (non-hydrogen) atoms. The van der Waals surface area contributed by atoms with Crippen molar-refractivity contribution in [1.29, 1.82) is 0 Å². The quantitative estimate of drug-likeness (QED) is 0.767. The largest absolute Gasteiger partial charge is 0.452 e. The SMILES string of the molecule is O=C(COC(=O)c1ccc2c(c1)NC(=O)CS2)NCc1cccc(Cl)c1. The number of ether oxygens (including phenoxy) is 1. The molecule has 0 atom stereocenters. The third-order valence-corrected chi connectivity index (χ3v) is 4.87. The molecule has 2 aromatic carbocycles. The predicted molar refractivity (Wildman–Crippen MR) is 99.4 cm³/mol. The summed E-state index contributed by atoms with van der Waals surface area (Å²) in [6.07, 6.45) is 0. The van der Waals surface area contributed by atoms with Crippen LogP contribution in [0.5, 0.6) is 0 Å². The molecule has 1 heterocycles. The molecule has 1 aliphatic rings. The molecule has 0 radical (unpaired) electrons. The number of carbonyl (C=O) groups is 3. The Morgan fingerprint density at radius 1 is 1.23 bits per heavy atom. The zero-order chi connectivity index (χ0) is 18.5. The summed E-state index contributed by atoms with van der Waals surface area (Å²) in [5, 5.41) is 5.94. The van der Waals surface area contributed by atoms with Crippen LogP contribution in [0.2, 0.25) is 5.02 Å². The van der Waals surface area contributed by atoms with E-state index < -0.39 is 18.5 Å². The lowest BCUT2D eigenvalue weighted by Gasteiger charge is -2.16. The van der Waals surface area contributed by atoms with E-state index in [-0.39, 0.29) is 11.5 Å². The van der Waals surface area contributed by atoms with Crippen LogP contribution in [-0.4, -0.2) is 30.1 Å². The number of amides is 2. The molecule has 0 bridgehead atoms. The highest BCUT2D eigenvalue weighted by atomic mass is 35.5. The van der Waals surface area contributed by atoms with Gasteiger partial charge in [-0.2, -0.15) is 0 Å². The summed E-state index contributed by atoms with van der Waals surface area (Å²) >= 11 is 7.28. The number of nitrogens with one attached hydrogen (secondary N) is 2. The molecular weight excluding hydrogens is 376 g/mol. The zero-order valence-electron chi connectivity index (χ0n) is 13.6. The summed E-state index contributed by atoms with van der Waals surface area (Å²) in [5.41, 5.74) is 1.69. The van der Waals surface area contributed by atoms with E-state index in [1.54, 1.807) is 36.4 Å². The summed E-state index contributed by atoms with van der Waals surface area (Å²) in [6.45, 7) is -0.101. The number of fused-ring (bicyclic) bond motifs is 1. The number of hydrogen-bond donors (Lipinski definition) is 2. The number of benzene rings is 2. The average Bonchev–Trinajstić information content (AvgIpc) is 2.63. The average molecular weight is 391 g/mol. The summed E-state index contributed by atoms with van der Waals surface area (Å²) in [7, 11) is 0. The van der Waals surface area contributed by atoms with Gasteiger partial charge >= 0.3 is 5.97 Å². The molecule has 0 aromatic heterocycles. The highest BCUT2D eigenvalue weighted by Crippen LogP contribution is 2.32. The van der Waals surface area contributed by atoms with Crippen molar-refractivity contribution in [3.8, 4) is 0 Å². The first-order valence-corrected chi connectivity index (χ1v) is 9.12. The molecule has 1 aliphatic heterocycles. The molecule has 2 aromatic rings. The van der Waals surface area contributed by atoms with Crippen LogP contribution in [0.3, 0.4) is 0 Å². The van der Waals surface area contributed by atoms with Crippen molar-refractivity contribution in [2.75, 3.05) is 17.7 Å². The molecule has 0 saturated carbocycles.